The van der Waals surface area contributed by atoms with Gasteiger partial charge in [0.1, 0.15) is 5.69 Å². The number of para-hydroxylation sites is 2. The first-order chi connectivity index (χ1) is 11.3. The summed E-state index contributed by atoms with van der Waals surface area (Å²) in [7, 11) is 0. The Morgan fingerprint density at radius 1 is 0.696 bits per heavy atom. The van der Waals surface area contributed by atoms with Crippen molar-refractivity contribution in [1.82, 2.24) is 9.78 Å². The molecule has 0 aliphatic carbocycles. The molecule has 0 aliphatic heterocycles. The van der Waals surface area contributed by atoms with E-state index in [4.69, 9.17) is 5.10 Å². The van der Waals surface area contributed by atoms with Crippen molar-refractivity contribution in [2.75, 3.05) is 0 Å². The molecule has 0 amide bonds. The minimum absolute atomic E-state index is 1.03. The van der Waals surface area contributed by atoms with Gasteiger partial charge in [-0.05, 0) is 31.0 Å². The van der Waals surface area contributed by atoms with Gasteiger partial charge in [-0.3, -0.25) is 0 Å². The van der Waals surface area contributed by atoms with Crippen LogP contribution in [0.4, 0.5) is 0 Å². The summed E-state index contributed by atoms with van der Waals surface area (Å²) < 4.78 is 2.09. The third-order valence-corrected chi connectivity index (χ3v) is 4.29. The number of rotatable bonds is 2. The predicted molar refractivity (Wildman–Crippen MR) is 96.0 cm³/mol. The van der Waals surface area contributed by atoms with Gasteiger partial charge >= 0.3 is 0 Å². The summed E-state index contributed by atoms with van der Waals surface area (Å²) in [4.78, 5) is 0. The van der Waals surface area contributed by atoms with Crippen LogP contribution in [0.3, 0.4) is 0 Å². The Balaban J connectivity index is 2.06. The number of nitrogens with zero attached hydrogens (tertiary/aromatic N) is 2. The fourth-order valence-electron chi connectivity index (χ4n) is 3.19. The molecule has 1 aromatic heterocycles. The zero-order valence-corrected chi connectivity index (χ0v) is 13.3. The van der Waals surface area contributed by atoms with E-state index in [0.717, 1.165) is 16.8 Å². The van der Waals surface area contributed by atoms with Crippen LogP contribution in [-0.4, -0.2) is 9.78 Å². The first-order valence-corrected chi connectivity index (χ1v) is 7.85. The van der Waals surface area contributed by atoms with E-state index in [2.05, 4.69) is 85.3 Å². The average molecular weight is 298 g/mol. The Bertz CT molecular complexity index is 961. The predicted octanol–water partition coefficient (Wildman–Crippen LogP) is 5.31. The highest BCUT2D eigenvalue weighted by atomic mass is 15.3. The molecule has 0 saturated heterocycles. The fourth-order valence-corrected chi connectivity index (χ4v) is 3.19. The van der Waals surface area contributed by atoms with Crippen LogP contribution in [0.15, 0.2) is 72.8 Å². The first kappa shape index (κ1) is 13.8. The van der Waals surface area contributed by atoms with Gasteiger partial charge < -0.3 is 0 Å². The van der Waals surface area contributed by atoms with Gasteiger partial charge in [0.2, 0.25) is 0 Å². The molecule has 0 unspecified atom stereocenters. The van der Waals surface area contributed by atoms with E-state index in [0.29, 0.717) is 0 Å². The van der Waals surface area contributed by atoms with Crippen LogP contribution in [0.25, 0.3) is 27.8 Å². The van der Waals surface area contributed by atoms with Gasteiger partial charge in [0.05, 0.1) is 11.2 Å². The standard InChI is InChI=1S/C21H18N2/c1-15-9-8-10-16(2)21(15)23-19-14-7-6-13-18(19)20(22-23)17-11-4-3-5-12-17/h3-14H,1-2H3. The normalized spacial score (nSPS) is 11.0. The molecule has 0 atom stereocenters. The van der Waals surface area contributed by atoms with Crippen molar-refractivity contribution in [1.29, 1.82) is 0 Å². The number of aromatic nitrogens is 2. The minimum atomic E-state index is 1.03. The summed E-state index contributed by atoms with van der Waals surface area (Å²) in [6.07, 6.45) is 0. The van der Waals surface area contributed by atoms with Crippen LogP contribution in [0.5, 0.6) is 0 Å². The van der Waals surface area contributed by atoms with Crippen LogP contribution in [0, 0.1) is 13.8 Å². The third-order valence-electron chi connectivity index (χ3n) is 4.29. The maximum atomic E-state index is 4.97. The SMILES string of the molecule is Cc1cccc(C)c1-n1nc(-c2ccccc2)c2ccccc21. The van der Waals surface area contributed by atoms with Gasteiger partial charge in [-0.25, -0.2) is 4.68 Å². The van der Waals surface area contributed by atoms with E-state index in [1.165, 1.54) is 22.2 Å². The number of hydrogen-bond donors (Lipinski definition) is 0. The Kier molecular flexibility index (Phi) is 3.23. The Labute approximate surface area is 136 Å². The molecule has 112 valence electrons. The molecule has 0 N–H and O–H groups in total. The van der Waals surface area contributed by atoms with Gasteiger partial charge in [0.25, 0.3) is 0 Å². The van der Waals surface area contributed by atoms with Gasteiger partial charge in [0.15, 0.2) is 0 Å². The molecule has 4 aromatic rings. The number of aryl methyl sites for hydroxylation is 2. The Morgan fingerprint density at radius 3 is 2.09 bits per heavy atom. The first-order valence-electron chi connectivity index (χ1n) is 7.85. The number of fused-ring (bicyclic) bond motifs is 1. The third kappa shape index (κ3) is 2.23. The van der Waals surface area contributed by atoms with E-state index in [1.54, 1.807) is 0 Å². The van der Waals surface area contributed by atoms with E-state index >= 15 is 0 Å². The lowest BCUT2D eigenvalue weighted by atomic mass is 10.1. The summed E-state index contributed by atoms with van der Waals surface area (Å²) in [5, 5.41) is 6.15. The molecule has 1 heterocycles. The van der Waals surface area contributed by atoms with Gasteiger partial charge in [-0.2, -0.15) is 5.10 Å². The number of benzene rings is 3. The van der Waals surface area contributed by atoms with Crippen molar-refractivity contribution in [2.24, 2.45) is 0 Å². The van der Waals surface area contributed by atoms with Crippen molar-refractivity contribution in [3.05, 3.63) is 83.9 Å². The molecule has 2 nitrogen and oxygen atoms in total. The topological polar surface area (TPSA) is 17.8 Å². The Morgan fingerprint density at radius 2 is 1.35 bits per heavy atom. The number of hydrogen-bond acceptors (Lipinski definition) is 1. The molecular formula is C21H18N2. The van der Waals surface area contributed by atoms with Crippen molar-refractivity contribution in [3.8, 4) is 16.9 Å². The lowest BCUT2D eigenvalue weighted by Gasteiger charge is -2.10. The molecule has 0 aliphatic rings. The van der Waals surface area contributed by atoms with E-state index in [9.17, 15) is 0 Å². The Hall–Kier alpha value is -2.87. The molecule has 3 aromatic carbocycles. The smallest absolute Gasteiger partial charge is 0.101 e. The zero-order chi connectivity index (χ0) is 15.8. The highest BCUT2D eigenvalue weighted by molar-refractivity contribution is 5.94. The van der Waals surface area contributed by atoms with Gasteiger partial charge in [-0.1, -0.05) is 66.7 Å². The van der Waals surface area contributed by atoms with E-state index < -0.39 is 0 Å². The van der Waals surface area contributed by atoms with Crippen molar-refractivity contribution in [3.63, 3.8) is 0 Å². The van der Waals surface area contributed by atoms with Crippen LogP contribution in [0.2, 0.25) is 0 Å². The fraction of sp³-hybridized carbons (Fsp3) is 0.0952. The molecule has 0 bridgehead atoms. The monoisotopic (exact) mass is 298 g/mol. The van der Waals surface area contributed by atoms with Gasteiger partial charge in [-0.15, -0.1) is 0 Å². The molecule has 2 heteroatoms. The quantitative estimate of drug-likeness (QED) is 0.490. The second-order valence-electron chi connectivity index (χ2n) is 5.88. The van der Waals surface area contributed by atoms with Crippen molar-refractivity contribution < 1.29 is 0 Å². The van der Waals surface area contributed by atoms with Crippen LogP contribution < -0.4 is 0 Å². The summed E-state index contributed by atoms with van der Waals surface area (Å²) in [6, 6.07) is 25.2. The molecule has 23 heavy (non-hydrogen) atoms. The molecule has 0 fully saturated rings. The van der Waals surface area contributed by atoms with Crippen LogP contribution in [0.1, 0.15) is 11.1 Å². The van der Waals surface area contributed by atoms with E-state index in [1.807, 2.05) is 6.07 Å². The van der Waals surface area contributed by atoms with Crippen molar-refractivity contribution in [2.45, 2.75) is 13.8 Å². The summed E-state index contributed by atoms with van der Waals surface area (Å²) in [5.41, 5.74) is 6.96. The molecule has 0 spiro atoms. The van der Waals surface area contributed by atoms with Crippen molar-refractivity contribution >= 4 is 10.9 Å². The molecule has 4 rings (SSSR count). The lowest BCUT2D eigenvalue weighted by Crippen LogP contribution is -2.01. The van der Waals surface area contributed by atoms with Gasteiger partial charge in [0, 0.05) is 10.9 Å². The molecular weight excluding hydrogens is 280 g/mol. The average Bonchev–Trinajstić information content (AvgIpc) is 2.95. The highest BCUT2D eigenvalue weighted by Crippen LogP contribution is 2.31. The summed E-state index contributed by atoms with van der Waals surface area (Å²) in [5.74, 6) is 0. The molecule has 0 saturated carbocycles. The summed E-state index contributed by atoms with van der Waals surface area (Å²) in [6.45, 7) is 4.28. The zero-order valence-electron chi connectivity index (χ0n) is 13.3. The maximum absolute atomic E-state index is 4.97. The van der Waals surface area contributed by atoms with Crippen LogP contribution in [-0.2, 0) is 0 Å². The lowest BCUT2D eigenvalue weighted by molar-refractivity contribution is 0.897. The largest absolute Gasteiger partial charge is 0.232 e. The van der Waals surface area contributed by atoms with E-state index in [-0.39, 0.29) is 0 Å². The molecule has 0 radical (unpaired) electrons. The van der Waals surface area contributed by atoms with Crippen LogP contribution >= 0.6 is 0 Å². The minimum Gasteiger partial charge on any atom is -0.232 e. The summed E-state index contributed by atoms with van der Waals surface area (Å²) >= 11 is 0. The highest BCUT2D eigenvalue weighted by Gasteiger charge is 2.15. The second kappa shape index (κ2) is 5.40. The second-order valence-corrected chi connectivity index (χ2v) is 5.88. The maximum Gasteiger partial charge on any atom is 0.101 e.